The molecular weight excluding hydrogens is 558 g/mol. The molecule has 1 N–H and O–H groups in total. The Morgan fingerprint density at radius 2 is 1.95 bits per heavy atom. The number of carbonyl (C=O) groups is 1. The molecule has 0 radical (unpaired) electrons. The van der Waals surface area contributed by atoms with Crippen LogP contribution in [0.3, 0.4) is 0 Å². The third kappa shape index (κ3) is 6.26. The van der Waals surface area contributed by atoms with E-state index in [1.165, 1.54) is 23.3 Å². The fraction of sp³-hybridized carbons (Fsp3) is 0.343. The molecule has 0 spiro atoms. The van der Waals surface area contributed by atoms with Gasteiger partial charge in [0.1, 0.15) is 10.8 Å². The fourth-order valence-electron chi connectivity index (χ4n) is 5.98. The predicted octanol–water partition coefficient (Wildman–Crippen LogP) is 8.81. The summed E-state index contributed by atoms with van der Waals surface area (Å²) in [6.07, 6.45) is 7.40. The molecule has 1 aliphatic rings. The Balaban J connectivity index is 1.66. The first-order valence-electron chi connectivity index (χ1n) is 14.8. The van der Waals surface area contributed by atoms with Crippen molar-refractivity contribution >= 4 is 56.2 Å². The van der Waals surface area contributed by atoms with Crippen LogP contribution in [0.15, 0.2) is 65.0 Å². The Kier molecular flexibility index (Phi) is 9.09. The van der Waals surface area contributed by atoms with Gasteiger partial charge in [-0.05, 0) is 88.4 Å². The van der Waals surface area contributed by atoms with Gasteiger partial charge >= 0.3 is 5.97 Å². The first kappa shape index (κ1) is 30.2. The van der Waals surface area contributed by atoms with Crippen LogP contribution in [-0.4, -0.2) is 39.4 Å². The summed E-state index contributed by atoms with van der Waals surface area (Å²) >= 11 is 1.34. The van der Waals surface area contributed by atoms with E-state index in [4.69, 9.17) is 9.72 Å². The molecule has 1 saturated carbocycles. The topological polar surface area (TPSA) is 93.8 Å². The maximum absolute atomic E-state index is 12.0. The average molecular weight is 596 g/mol. The number of rotatable bonds is 10. The quantitative estimate of drug-likeness (QED) is 0.112. The zero-order valence-corrected chi connectivity index (χ0v) is 26.0. The molecule has 43 heavy (non-hydrogen) atoms. The Morgan fingerprint density at radius 1 is 1.19 bits per heavy atom. The lowest BCUT2D eigenvalue weighted by Crippen LogP contribution is -2.08. The summed E-state index contributed by atoms with van der Waals surface area (Å²) in [6, 6.07) is 12.1. The molecule has 0 aliphatic heterocycles. The minimum absolute atomic E-state index is 0.314. The molecule has 1 fully saturated rings. The number of aliphatic imine (C=N–C) groups is 1. The van der Waals surface area contributed by atoms with Crippen LogP contribution in [0, 0.1) is 0 Å². The maximum Gasteiger partial charge on any atom is 0.345 e. The number of carboxylic acids is 1. The highest BCUT2D eigenvalue weighted by Gasteiger charge is 2.29. The molecule has 0 atom stereocenters. The molecule has 4 aromatic rings. The summed E-state index contributed by atoms with van der Waals surface area (Å²) < 4.78 is 8.50. The minimum Gasteiger partial charge on any atom is -0.478 e. The smallest absolute Gasteiger partial charge is 0.345 e. The number of thiophene rings is 1. The molecule has 0 saturated heterocycles. The number of pyridine rings is 1. The number of aromatic nitrogens is 2. The number of benzene rings is 1. The summed E-state index contributed by atoms with van der Waals surface area (Å²) in [4.78, 5) is 33.3. The lowest BCUT2D eigenvalue weighted by molar-refractivity contribution is 0.0702. The number of fused-ring (bicyclic) bond motifs is 2. The molecule has 7 nitrogen and oxygen atoms in total. The van der Waals surface area contributed by atoms with E-state index < -0.39 is 5.97 Å². The molecule has 222 valence electrons. The lowest BCUT2D eigenvalue weighted by atomic mass is 9.83. The average Bonchev–Trinajstić information content (AvgIpc) is 3.55. The van der Waals surface area contributed by atoms with Gasteiger partial charge in [-0.2, -0.15) is 0 Å². The van der Waals surface area contributed by atoms with Gasteiger partial charge in [0, 0.05) is 22.7 Å². The highest BCUT2D eigenvalue weighted by Crippen LogP contribution is 2.47. The second-order valence-electron chi connectivity index (χ2n) is 11.3. The number of carbonyl (C=O) groups excluding carboxylic acids is 1. The van der Waals surface area contributed by atoms with Crippen LogP contribution in [0.2, 0.25) is 0 Å². The van der Waals surface area contributed by atoms with Crippen LogP contribution < -0.4 is 0 Å². The monoisotopic (exact) mass is 595 g/mol. The van der Waals surface area contributed by atoms with E-state index in [9.17, 15) is 14.7 Å². The van der Waals surface area contributed by atoms with Crippen LogP contribution >= 0.6 is 11.3 Å². The van der Waals surface area contributed by atoms with Crippen molar-refractivity contribution in [2.45, 2.75) is 72.3 Å². The van der Waals surface area contributed by atoms with Crippen LogP contribution in [0.4, 0.5) is 0 Å². The van der Waals surface area contributed by atoms with E-state index in [0.717, 1.165) is 74.9 Å². The number of carboxylic acid groups (broad SMARTS) is 1. The molecule has 5 rings (SSSR count). The van der Waals surface area contributed by atoms with Gasteiger partial charge in [0.05, 0.1) is 40.3 Å². The van der Waals surface area contributed by atoms with Gasteiger partial charge in [-0.1, -0.05) is 37.0 Å². The van der Waals surface area contributed by atoms with E-state index in [-0.39, 0.29) is 0 Å². The maximum atomic E-state index is 12.0. The molecule has 1 aromatic carbocycles. The Labute approximate surface area is 255 Å². The van der Waals surface area contributed by atoms with Crippen molar-refractivity contribution in [3.05, 3.63) is 76.1 Å². The van der Waals surface area contributed by atoms with Crippen molar-refractivity contribution in [1.29, 1.82) is 0 Å². The molecule has 0 bridgehead atoms. The Morgan fingerprint density at radius 3 is 2.63 bits per heavy atom. The molecule has 0 unspecified atom stereocenters. The number of ether oxygens (including phenoxy) is 1. The third-order valence-electron chi connectivity index (χ3n) is 7.99. The molecule has 3 heterocycles. The zero-order valence-electron chi connectivity index (χ0n) is 25.2. The van der Waals surface area contributed by atoms with Crippen LogP contribution in [0.1, 0.15) is 86.6 Å². The van der Waals surface area contributed by atoms with Crippen LogP contribution in [0.25, 0.3) is 38.0 Å². The normalized spacial score (nSPS) is 13.9. The van der Waals surface area contributed by atoms with Gasteiger partial charge in [-0.25, -0.2) is 19.6 Å². The molecular formula is C35H37N3O4S. The highest BCUT2D eigenvalue weighted by molar-refractivity contribution is 7.21. The fourth-order valence-corrected chi connectivity index (χ4v) is 7.11. The number of hydrogen-bond donors (Lipinski definition) is 1. The number of aromatic carboxylic acids is 1. The van der Waals surface area contributed by atoms with E-state index in [1.54, 1.807) is 19.2 Å². The summed E-state index contributed by atoms with van der Waals surface area (Å²) in [6.45, 7) is 12.4. The van der Waals surface area contributed by atoms with E-state index in [1.807, 2.05) is 38.8 Å². The van der Waals surface area contributed by atoms with Crippen LogP contribution in [0.5, 0.6) is 0 Å². The van der Waals surface area contributed by atoms with E-state index in [2.05, 4.69) is 34.3 Å². The molecule has 1 aliphatic carbocycles. The zero-order chi connectivity index (χ0) is 30.7. The van der Waals surface area contributed by atoms with Crippen molar-refractivity contribution in [2.75, 3.05) is 6.61 Å². The molecule has 0 amide bonds. The standard InChI is InChI=1S/C35H37N3O4S/c1-6-42-23(5)36-18-27(21(2)3)29-15-12-25-16-26(13-14-28(25)37-29)33-32(24-10-8-7-9-11-24)34-30(17-31(43-34)35(40)41)38(33)19-22(4)20-39/h12-18,24H,5-11,19H2,1-4H3,(H,40,41)/b36-18-. The molecule has 3 aromatic heterocycles. The van der Waals surface area contributed by atoms with Gasteiger partial charge < -0.3 is 14.4 Å². The summed E-state index contributed by atoms with van der Waals surface area (Å²) in [5, 5.41) is 10.8. The number of nitrogens with zero attached hydrogens (tertiary/aromatic N) is 3. The predicted molar refractivity (Wildman–Crippen MR) is 176 cm³/mol. The van der Waals surface area contributed by atoms with Crippen molar-refractivity contribution < 1.29 is 19.4 Å². The van der Waals surface area contributed by atoms with Crippen LogP contribution in [-0.2, 0) is 16.1 Å². The summed E-state index contributed by atoms with van der Waals surface area (Å²) in [7, 11) is 0. The van der Waals surface area contributed by atoms with Gasteiger partial charge in [-0.3, -0.25) is 0 Å². The minimum atomic E-state index is -0.929. The van der Waals surface area contributed by atoms with E-state index >= 15 is 0 Å². The highest BCUT2D eigenvalue weighted by atomic mass is 32.1. The largest absolute Gasteiger partial charge is 0.478 e. The van der Waals surface area contributed by atoms with Crippen molar-refractivity contribution in [3.63, 3.8) is 0 Å². The van der Waals surface area contributed by atoms with Crippen molar-refractivity contribution in [2.24, 2.45) is 4.99 Å². The second-order valence-corrected chi connectivity index (χ2v) is 12.4. The van der Waals surface area contributed by atoms with Gasteiger partial charge in [0.15, 0.2) is 0 Å². The lowest BCUT2D eigenvalue weighted by Gasteiger charge is -2.23. The molecule has 8 heteroatoms. The first-order chi connectivity index (χ1) is 20.7. The Bertz CT molecular complexity index is 1820. The van der Waals surface area contributed by atoms with E-state index in [0.29, 0.717) is 35.4 Å². The SMILES string of the molecule is C=C(/N=C\C(=C(C)C)c1ccc2cc(-c3c(C4CCCCC4)c4sc(C(=O)O)cc4n3CC(C)=C=O)ccc2n1)OCC. The van der Waals surface area contributed by atoms with Crippen molar-refractivity contribution in [3.8, 4) is 11.3 Å². The summed E-state index contributed by atoms with van der Waals surface area (Å²) in [5.41, 5.74) is 8.36. The van der Waals surface area contributed by atoms with Gasteiger partial charge in [0.2, 0.25) is 5.88 Å². The van der Waals surface area contributed by atoms with Crippen molar-refractivity contribution in [1.82, 2.24) is 9.55 Å². The third-order valence-corrected chi connectivity index (χ3v) is 9.14. The number of allylic oxidation sites excluding steroid dienone is 3. The number of hydrogen-bond acceptors (Lipinski definition) is 6. The second kappa shape index (κ2) is 12.9. The summed E-state index contributed by atoms with van der Waals surface area (Å²) in [5.74, 6) is 1.81. The first-order valence-corrected chi connectivity index (χ1v) is 15.6. The van der Waals surface area contributed by atoms with Gasteiger partial charge in [0.25, 0.3) is 0 Å². The Hall–Kier alpha value is -4.26. The van der Waals surface area contributed by atoms with Gasteiger partial charge in [-0.15, -0.1) is 11.3 Å².